The molecule has 1 aliphatic heterocycles. The van der Waals surface area contributed by atoms with Gasteiger partial charge < -0.3 is 19.7 Å². The number of carbonyl (C=O) groups excluding carboxylic acids is 2. The van der Waals surface area contributed by atoms with Crippen LogP contribution in [0.1, 0.15) is 17.5 Å². The molecule has 0 unspecified atom stereocenters. The molecule has 0 aromatic heterocycles. The molecule has 1 saturated heterocycles. The van der Waals surface area contributed by atoms with Crippen LogP contribution in [0.3, 0.4) is 0 Å². The molecule has 8 heteroatoms. The second kappa shape index (κ2) is 10.8. The Hall–Kier alpha value is -3.88. The summed E-state index contributed by atoms with van der Waals surface area (Å²) in [4.78, 5) is 25.5. The van der Waals surface area contributed by atoms with E-state index >= 15 is 0 Å². The van der Waals surface area contributed by atoms with Crippen LogP contribution in [0.25, 0.3) is 11.1 Å². The monoisotopic (exact) mass is 418 g/mol. The molecule has 3 rings (SSSR count). The lowest BCUT2D eigenvalue weighted by molar-refractivity contribution is 0.110. The molecule has 158 valence electrons. The molecule has 2 aromatic rings. The van der Waals surface area contributed by atoms with E-state index in [0.717, 1.165) is 16.7 Å². The average molecular weight is 418 g/mol. The first-order chi connectivity index (χ1) is 15.1. The van der Waals surface area contributed by atoms with Crippen molar-refractivity contribution >= 4 is 12.2 Å². The van der Waals surface area contributed by atoms with E-state index in [4.69, 9.17) is 14.7 Å². The van der Waals surface area contributed by atoms with E-state index in [1.165, 1.54) is 4.90 Å². The van der Waals surface area contributed by atoms with Crippen LogP contribution in [-0.2, 0) is 15.9 Å². The fourth-order valence-corrected chi connectivity index (χ4v) is 3.18. The normalized spacial score (nSPS) is 14.5. The number of amides is 2. The van der Waals surface area contributed by atoms with Gasteiger partial charge in [0.15, 0.2) is 0 Å². The van der Waals surface area contributed by atoms with Crippen molar-refractivity contribution in [3.63, 3.8) is 0 Å². The van der Waals surface area contributed by atoms with Crippen molar-refractivity contribution in [1.82, 2.24) is 10.2 Å². The Morgan fingerprint density at radius 3 is 2.35 bits per heavy atom. The summed E-state index contributed by atoms with van der Waals surface area (Å²) in [6, 6.07) is 18.1. The fourth-order valence-electron chi connectivity index (χ4n) is 3.18. The predicted molar refractivity (Wildman–Crippen MR) is 112 cm³/mol. The van der Waals surface area contributed by atoms with E-state index < -0.39 is 18.2 Å². The average Bonchev–Trinajstić information content (AvgIpc) is 3.09. The van der Waals surface area contributed by atoms with Gasteiger partial charge in [-0.05, 0) is 35.2 Å². The molecule has 2 amide bonds. The lowest BCUT2D eigenvalue weighted by Gasteiger charge is -2.19. The summed E-state index contributed by atoms with van der Waals surface area (Å²) >= 11 is 0. The maximum absolute atomic E-state index is 12.1. The van der Waals surface area contributed by atoms with Crippen LogP contribution in [-0.4, -0.2) is 49.4 Å². The van der Waals surface area contributed by atoms with Gasteiger partial charge in [-0.15, -0.1) is 0 Å². The number of hydrogen-bond acceptors (Lipinski definition) is 6. The highest BCUT2D eigenvalue weighted by Crippen LogP contribution is 2.20. The van der Waals surface area contributed by atoms with Gasteiger partial charge in [-0.2, -0.15) is 10.5 Å². The Kier molecular flexibility index (Phi) is 7.58. The van der Waals surface area contributed by atoms with Gasteiger partial charge in [0, 0.05) is 26.1 Å². The number of alkyl carbamates (subject to hydrolysis) is 1. The van der Waals surface area contributed by atoms with E-state index in [1.807, 2.05) is 42.5 Å². The van der Waals surface area contributed by atoms with Crippen molar-refractivity contribution in [2.75, 3.05) is 26.3 Å². The van der Waals surface area contributed by atoms with Gasteiger partial charge in [-0.3, -0.25) is 0 Å². The summed E-state index contributed by atoms with van der Waals surface area (Å²) in [7, 11) is 0. The first kappa shape index (κ1) is 21.8. The SMILES string of the molecule is N#Cc1ccc(-c2ccc(C[C@@H](C#N)NC(=O)OC(=O)N3CCCOCC3)cc2)cc1. The van der Waals surface area contributed by atoms with Gasteiger partial charge in [-0.1, -0.05) is 36.4 Å². The Morgan fingerprint density at radius 1 is 1.03 bits per heavy atom. The van der Waals surface area contributed by atoms with Crippen LogP contribution in [0.2, 0.25) is 0 Å². The largest absolute Gasteiger partial charge is 0.418 e. The van der Waals surface area contributed by atoms with Gasteiger partial charge in [0.05, 0.1) is 24.3 Å². The highest BCUT2D eigenvalue weighted by atomic mass is 16.6. The number of rotatable bonds is 4. The summed E-state index contributed by atoms with van der Waals surface area (Å²) in [6.07, 6.45) is -0.747. The number of nitrogens with one attached hydrogen (secondary N) is 1. The highest BCUT2D eigenvalue weighted by molar-refractivity contribution is 5.83. The molecule has 0 aliphatic carbocycles. The van der Waals surface area contributed by atoms with Crippen LogP contribution in [0.4, 0.5) is 9.59 Å². The molecule has 1 aliphatic rings. The lowest BCUT2D eigenvalue weighted by atomic mass is 10.0. The molecular formula is C23H22N4O4. The molecule has 0 saturated carbocycles. The second-order valence-electron chi connectivity index (χ2n) is 7.02. The zero-order chi connectivity index (χ0) is 22.1. The second-order valence-corrected chi connectivity index (χ2v) is 7.02. The minimum atomic E-state index is -0.948. The minimum Gasteiger partial charge on any atom is -0.380 e. The maximum atomic E-state index is 12.1. The molecule has 0 spiro atoms. The van der Waals surface area contributed by atoms with Gasteiger partial charge in [0.1, 0.15) is 6.04 Å². The quantitative estimate of drug-likeness (QED) is 0.762. The third kappa shape index (κ3) is 6.30. The summed E-state index contributed by atoms with van der Waals surface area (Å²) in [5, 5.41) is 20.7. The molecular weight excluding hydrogens is 396 g/mol. The number of hydrogen-bond donors (Lipinski definition) is 1. The van der Waals surface area contributed by atoms with Crippen molar-refractivity contribution in [2.24, 2.45) is 0 Å². The van der Waals surface area contributed by atoms with Gasteiger partial charge in [0.2, 0.25) is 0 Å². The van der Waals surface area contributed by atoms with Crippen LogP contribution < -0.4 is 5.32 Å². The third-order valence-corrected chi connectivity index (χ3v) is 4.85. The van der Waals surface area contributed by atoms with Crippen LogP contribution in [0.5, 0.6) is 0 Å². The van der Waals surface area contributed by atoms with E-state index in [-0.39, 0.29) is 6.42 Å². The predicted octanol–water partition coefficient (Wildman–Crippen LogP) is 3.23. The van der Waals surface area contributed by atoms with Crippen molar-refractivity contribution in [2.45, 2.75) is 18.9 Å². The summed E-state index contributed by atoms with van der Waals surface area (Å²) < 4.78 is 10.1. The number of carbonyl (C=O) groups is 2. The Balaban J connectivity index is 1.54. The summed E-state index contributed by atoms with van der Waals surface area (Å²) in [5.41, 5.74) is 3.39. The number of nitriles is 2. The van der Waals surface area contributed by atoms with E-state index in [0.29, 0.717) is 38.3 Å². The topological polar surface area (TPSA) is 115 Å². The van der Waals surface area contributed by atoms with Crippen LogP contribution in [0, 0.1) is 22.7 Å². The van der Waals surface area contributed by atoms with E-state index in [9.17, 15) is 14.9 Å². The molecule has 8 nitrogen and oxygen atoms in total. The zero-order valence-corrected chi connectivity index (χ0v) is 16.9. The zero-order valence-electron chi connectivity index (χ0n) is 16.9. The maximum Gasteiger partial charge on any atom is 0.418 e. The molecule has 1 heterocycles. The standard InChI is InChI=1S/C23H22N4O4/c24-15-18-4-8-20(9-5-18)19-6-2-17(3-7-19)14-21(16-25)26-22(28)31-23(29)27-10-1-12-30-13-11-27/h2-9,21H,1,10-14H2,(H,26,28)/t21-/m0/s1. The first-order valence-corrected chi connectivity index (χ1v) is 9.93. The van der Waals surface area contributed by atoms with Crippen LogP contribution in [0.15, 0.2) is 48.5 Å². The molecule has 2 aromatic carbocycles. The van der Waals surface area contributed by atoms with Crippen molar-refractivity contribution in [3.8, 4) is 23.3 Å². The third-order valence-electron chi connectivity index (χ3n) is 4.85. The van der Waals surface area contributed by atoms with Crippen LogP contribution >= 0.6 is 0 Å². The molecule has 1 N–H and O–H groups in total. The van der Waals surface area contributed by atoms with E-state index in [2.05, 4.69) is 11.4 Å². The summed E-state index contributed by atoms with van der Waals surface area (Å²) in [6.45, 7) is 1.78. The van der Waals surface area contributed by atoms with Crippen molar-refractivity contribution < 1.29 is 19.1 Å². The molecule has 0 bridgehead atoms. The van der Waals surface area contributed by atoms with Crippen molar-refractivity contribution in [1.29, 1.82) is 10.5 Å². The molecule has 1 fully saturated rings. The Bertz CT molecular complexity index is 982. The molecule has 0 radical (unpaired) electrons. The van der Waals surface area contributed by atoms with Gasteiger partial charge in [0.25, 0.3) is 0 Å². The van der Waals surface area contributed by atoms with Gasteiger partial charge >= 0.3 is 12.2 Å². The fraction of sp³-hybridized carbons (Fsp3) is 0.304. The number of benzene rings is 2. The highest BCUT2D eigenvalue weighted by Gasteiger charge is 2.22. The van der Waals surface area contributed by atoms with E-state index in [1.54, 1.807) is 12.1 Å². The number of ether oxygens (including phenoxy) is 2. The molecule has 31 heavy (non-hydrogen) atoms. The minimum absolute atomic E-state index is 0.269. The summed E-state index contributed by atoms with van der Waals surface area (Å²) in [5.74, 6) is 0. The smallest absolute Gasteiger partial charge is 0.380 e. The number of nitrogens with zero attached hydrogens (tertiary/aromatic N) is 3. The van der Waals surface area contributed by atoms with Crippen molar-refractivity contribution in [3.05, 3.63) is 59.7 Å². The molecule has 1 atom stereocenters. The van der Waals surface area contributed by atoms with Gasteiger partial charge in [-0.25, -0.2) is 9.59 Å². The Morgan fingerprint density at radius 2 is 1.71 bits per heavy atom. The lowest BCUT2D eigenvalue weighted by Crippen LogP contribution is -2.41. The first-order valence-electron chi connectivity index (χ1n) is 9.93. The Labute approximate surface area is 180 Å².